The second kappa shape index (κ2) is 13.5. The van der Waals surface area contributed by atoms with Gasteiger partial charge in [0.15, 0.2) is 23.0 Å². The average molecular weight is 581 g/mol. The molecule has 3 aliphatic heterocycles. The SMILES string of the molecule is CCOc1cc(C2/C(=C(\O)c3ccc4c(c3)OCCO4)C(=O)C(=O)N2CCN2CCOCC2)ccc1OCCC(C)C. The molecule has 10 heteroatoms. The molecule has 3 aliphatic rings. The van der Waals surface area contributed by atoms with Gasteiger partial charge in [-0.05, 0) is 55.2 Å². The Hall–Kier alpha value is -3.76. The molecule has 0 bridgehead atoms. The predicted octanol–water partition coefficient (Wildman–Crippen LogP) is 4.04. The number of carbonyl (C=O) groups excluding carboxylic acids is 2. The molecule has 3 heterocycles. The lowest BCUT2D eigenvalue weighted by molar-refractivity contribution is -0.140. The Kier molecular flexibility index (Phi) is 9.54. The zero-order valence-corrected chi connectivity index (χ0v) is 24.6. The molecule has 1 N–H and O–H groups in total. The summed E-state index contributed by atoms with van der Waals surface area (Å²) in [6, 6.07) is 9.64. The molecule has 2 saturated heterocycles. The van der Waals surface area contributed by atoms with E-state index in [1.165, 1.54) is 0 Å². The summed E-state index contributed by atoms with van der Waals surface area (Å²) in [5, 5.41) is 11.6. The molecule has 2 aromatic carbocycles. The number of hydrogen-bond donors (Lipinski definition) is 1. The van der Waals surface area contributed by atoms with Crippen molar-refractivity contribution in [2.45, 2.75) is 33.2 Å². The smallest absolute Gasteiger partial charge is 0.295 e. The highest BCUT2D eigenvalue weighted by molar-refractivity contribution is 6.46. The van der Waals surface area contributed by atoms with Crippen molar-refractivity contribution in [3.05, 3.63) is 53.1 Å². The number of aliphatic hydroxyl groups excluding tert-OH is 1. The standard InChI is InChI=1S/C32H40N2O8/c1-4-39-26-19-22(5-7-24(26)40-14-9-21(2)3)29-28(30(35)23-6-8-25-27(20-23)42-18-17-41-25)31(36)32(37)34(29)11-10-33-12-15-38-16-13-33/h5-8,19-21,29,35H,4,9-18H2,1-3H3/b30-28+. The molecule has 2 fully saturated rings. The first-order valence-corrected chi connectivity index (χ1v) is 14.8. The Bertz CT molecular complexity index is 1320. The van der Waals surface area contributed by atoms with Crippen LogP contribution in [-0.2, 0) is 14.3 Å². The van der Waals surface area contributed by atoms with E-state index in [2.05, 4.69) is 18.7 Å². The minimum atomic E-state index is -0.817. The van der Waals surface area contributed by atoms with Crippen LogP contribution >= 0.6 is 0 Å². The lowest BCUT2D eigenvalue weighted by Crippen LogP contribution is -2.42. The molecule has 1 unspecified atom stereocenters. The Labute approximate surface area is 246 Å². The average Bonchev–Trinajstić information content (AvgIpc) is 3.25. The van der Waals surface area contributed by atoms with Gasteiger partial charge in [0, 0.05) is 31.7 Å². The van der Waals surface area contributed by atoms with Crippen LogP contribution in [0.3, 0.4) is 0 Å². The fraction of sp³-hybridized carbons (Fsp3) is 0.500. The van der Waals surface area contributed by atoms with Gasteiger partial charge in [-0.15, -0.1) is 0 Å². The van der Waals surface area contributed by atoms with Crippen molar-refractivity contribution in [2.75, 3.05) is 65.8 Å². The van der Waals surface area contributed by atoms with Crippen LogP contribution < -0.4 is 18.9 Å². The fourth-order valence-corrected chi connectivity index (χ4v) is 5.36. The van der Waals surface area contributed by atoms with Crippen LogP contribution in [0.1, 0.15) is 44.4 Å². The number of ether oxygens (including phenoxy) is 5. The molecule has 0 aliphatic carbocycles. The number of aliphatic hydroxyl groups is 1. The molecule has 42 heavy (non-hydrogen) atoms. The molecule has 226 valence electrons. The summed E-state index contributed by atoms with van der Waals surface area (Å²) in [4.78, 5) is 30.8. The maximum Gasteiger partial charge on any atom is 0.295 e. The molecule has 2 aromatic rings. The van der Waals surface area contributed by atoms with Gasteiger partial charge in [0.05, 0.1) is 38.0 Å². The summed E-state index contributed by atoms with van der Waals surface area (Å²) >= 11 is 0. The number of rotatable bonds is 11. The highest BCUT2D eigenvalue weighted by Crippen LogP contribution is 2.43. The van der Waals surface area contributed by atoms with Crippen LogP contribution in [-0.4, -0.2) is 92.4 Å². The fourth-order valence-electron chi connectivity index (χ4n) is 5.36. The summed E-state index contributed by atoms with van der Waals surface area (Å²) in [6.45, 7) is 11.6. The van der Waals surface area contributed by atoms with E-state index in [1.54, 1.807) is 23.1 Å². The molecule has 5 rings (SSSR count). The molecule has 0 spiro atoms. The molecule has 0 saturated carbocycles. The quantitative estimate of drug-likeness (QED) is 0.239. The summed E-state index contributed by atoms with van der Waals surface area (Å²) in [7, 11) is 0. The number of Topliss-reactive ketones (excluding diaryl/α,β-unsaturated/α-hetero) is 1. The zero-order chi connectivity index (χ0) is 29.6. The number of fused-ring (bicyclic) bond motifs is 1. The van der Waals surface area contributed by atoms with Crippen LogP contribution in [0.15, 0.2) is 42.0 Å². The molecule has 10 nitrogen and oxygen atoms in total. The van der Waals surface area contributed by atoms with Crippen LogP contribution in [0, 0.1) is 5.92 Å². The van der Waals surface area contributed by atoms with E-state index < -0.39 is 17.7 Å². The van der Waals surface area contributed by atoms with Crippen molar-refractivity contribution in [2.24, 2.45) is 5.92 Å². The number of nitrogens with zero attached hydrogens (tertiary/aromatic N) is 2. The lowest BCUT2D eigenvalue weighted by Gasteiger charge is -2.31. The van der Waals surface area contributed by atoms with Crippen molar-refractivity contribution >= 4 is 17.4 Å². The summed E-state index contributed by atoms with van der Waals surface area (Å²) in [6.07, 6.45) is 0.893. The van der Waals surface area contributed by atoms with E-state index >= 15 is 0 Å². The third kappa shape index (κ3) is 6.50. The normalized spacial score (nSPS) is 20.3. The summed E-state index contributed by atoms with van der Waals surface area (Å²) < 4.78 is 28.7. The first-order chi connectivity index (χ1) is 20.4. The number of ketones is 1. The van der Waals surface area contributed by atoms with Crippen LogP contribution in [0.25, 0.3) is 5.76 Å². The first-order valence-electron chi connectivity index (χ1n) is 14.8. The van der Waals surface area contributed by atoms with Gasteiger partial charge >= 0.3 is 0 Å². The van der Waals surface area contributed by atoms with Crippen molar-refractivity contribution in [3.63, 3.8) is 0 Å². The lowest BCUT2D eigenvalue weighted by atomic mass is 9.94. The molecule has 1 amide bonds. The van der Waals surface area contributed by atoms with E-state index in [9.17, 15) is 14.7 Å². The Morgan fingerprint density at radius 3 is 2.45 bits per heavy atom. The van der Waals surface area contributed by atoms with E-state index in [-0.39, 0.29) is 11.3 Å². The van der Waals surface area contributed by atoms with E-state index in [0.717, 1.165) is 19.5 Å². The maximum absolute atomic E-state index is 13.6. The second-order valence-corrected chi connectivity index (χ2v) is 11.0. The number of carbonyl (C=O) groups is 2. The number of benzene rings is 2. The van der Waals surface area contributed by atoms with Crippen LogP contribution in [0.5, 0.6) is 23.0 Å². The van der Waals surface area contributed by atoms with Gasteiger partial charge in [0.1, 0.15) is 19.0 Å². The van der Waals surface area contributed by atoms with Gasteiger partial charge in [-0.2, -0.15) is 0 Å². The summed E-state index contributed by atoms with van der Waals surface area (Å²) in [5.41, 5.74) is 1.04. The van der Waals surface area contributed by atoms with E-state index in [4.69, 9.17) is 23.7 Å². The minimum Gasteiger partial charge on any atom is -0.507 e. The largest absolute Gasteiger partial charge is 0.507 e. The zero-order valence-electron chi connectivity index (χ0n) is 24.6. The Balaban J connectivity index is 1.54. The number of morpholine rings is 1. The minimum absolute atomic E-state index is 0.0228. The molecule has 0 aromatic heterocycles. The highest BCUT2D eigenvalue weighted by atomic mass is 16.6. The first kappa shape index (κ1) is 29.7. The van der Waals surface area contributed by atoms with Gasteiger partial charge in [-0.25, -0.2) is 0 Å². The maximum atomic E-state index is 13.6. The van der Waals surface area contributed by atoms with E-state index in [0.29, 0.717) is 92.8 Å². The summed E-state index contributed by atoms with van der Waals surface area (Å²) in [5.74, 6) is 1.01. The van der Waals surface area contributed by atoms with Crippen LogP contribution in [0.2, 0.25) is 0 Å². The molecule has 0 radical (unpaired) electrons. The van der Waals surface area contributed by atoms with Crippen molar-refractivity contribution in [1.29, 1.82) is 0 Å². The van der Waals surface area contributed by atoms with E-state index in [1.807, 2.05) is 25.1 Å². The Morgan fingerprint density at radius 2 is 1.71 bits per heavy atom. The number of hydrogen-bond acceptors (Lipinski definition) is 9. The monoisotopic (exact) mass is 580 g/mol. The topological polar surface area (TPSA) is 107 Å². The molecular weight excluding hydrogens is 540 g/mol. The van der Waals surface area contributed by atoms with Crippen molar-refractivity contribution in [1.82, 2.24) is 9.80 Å². The van der Waals surface area contributed by atoms with Gasteiger partial charge in [-0.1, -0.05) is 19.9 Å². The number of amides is 1. The Morgan fingerprint density at radius 1 is 0.952 bits per heavy atom. The third-order valence-corrected chi connectivity index (χ3v) is 7.65. The van der Waals surface area contributed by atoms with Crippen LogP contribution in [0.4, 0.5) is 0 Å². The second-order valence-electron chi connectivity index (χ2n) is 11.0. The predicted molar refractivity (Wildman–Crippen MR) is 156 cm³/mol. The third-order valence-electron chi connectivity index (χ3n) is 7.65. The van der Waals surface area contributed by atoms with Crippen molar-refractivity contribution in [3.8, 4) is 23.0 Å². The van der Waals surface area contributed by atoms with Gasteiger partial charge in [-0.3, -0.25) is 14.5 Å². The van der Waals surface area contributed by atoms with Gasteiger partial charge < -0.3 is 33.7 Å². The molecule has 1 atom stereocenters. The highest BCUT2D eigenvalue weighted by Gasteiger charge is 2.46. The van der Waals surface area contributed by atoms with Gasteiger partial charge in [0.2, 0.25) is 0 Å². The number of likely N-dealkylation sites (tertiary alicyclic amines) is 1. The molecular formula is C32H40N2O8. The van der Waals surface area contributed by atoms with Gasteiger partial charge in [0.25, 0.3) is 11.7 Å². The van der Waals surface area contributed by atoms with Crippen molar-refractivity contribution < 1.29 is 38.4 Å².